The number of benzene rings is 1. The lowest BCUT2D eigenvalue weighted by atomic mass is 10.00. The maximum absolute atomic E-state index is 13.2. The zero-order valence-corrected chi connectivity index (χ0v) is 14.2. The molecule has 0 bridgehead atoms. The van der Waals surface area contributed by atoms with Gasteiger partial charge in [-0.05, 0) is 58.6 Å². The number of rotatable bonds is 6. The molecule has 124 valence electrons. The first-order valence-corrected chi connectivity index (χ1v) is 7.73. The standard InChI is InChI=1S/C18H24FN3O/c1-12-16(14-6-8-15(19)9-7-14)17(18(20)23)13(2)22(12)11-5-10-21(3)4/h6-9H,5,10-11H2,1-4H3,(H2,20,23). The summed E-state index contributed by atoms with van der Waals surface area (Å²) in [6.07, 6.45) is 0.977. The van der Waals surface area contributed by atoms with Crippen molar-refractivity contribution in [2.75, 3.05) is 20.6 Å². The Morgan fingerprint density at radius 3 is 2.30 bits per heavy atom. The van der Waals surface area contributed by atoms with Gasteiger partial charge in [0, 0.05) is 23.5 Å². The van der Waals surface area contributed by atoms with Gasteiger partial charge >= 0.3 is 0 Å². The predicted octanol–water partition coefficient (Wildman–Crippen LogP) is 2.96. The number of hydrogen-bond acceptors (Lipinski definition) is 2. The summed E-state index contributed by atoms with van der Waals surface area (Å²) in [5, 5.41) is 0. The van der Waals surface area contributed by atoms with Gasteiger partial charge in [-0.2, -0.15) is 0 Å². The Labute approximate surface area is 136 Å². The van der Waals surface area contributed by atoms with Crippen molar-refractivity contribution >= 4 is 5.91 Å². The Morgan fingerprint density at radius 1 is 1.17 bits per heavy atom. The van der Waals surface area contributed by atoms with E-state index in [0.717, 1.165) is 42.0 Å². The molecule has 0 saturated carbocycles. The number of nitrogens with two attached hydrogens (primary N) is 1. The molecule has 1 heterocycles. The highest BCUT2D eigenvalue weighted by Crippen LogP contribution is 2.32. The van der Waals surface area contributed by atoms with Crippen LogP contribution in [0.25, 0.3) is 11.1 Å². The molecule has 0 saturated heterocycles. The van der Waals surface area contributed by atoms with Gasteiger partial charge in [0.2, 0.25) is 0 Å². The molecule has 4 nitrogen and oxygen atoms in total. The van der Waals surface area contributed by atoms with E-state index in [1.165, 1.54) is 12.1 Å². The maximum atomic E-state index is 13.2. The lowest BCUT2D eigenvalue weighted by molar-refractivity contribution is 0.1000. The Morgan fingerprint density at radius 2 is 1.78 bits per heavy atom. The van der Waals surface area contributed by atoms with Gasteiger partial charge in [0.05, 0.1) is 5.56 Å². The van der Waals surface area contributed by atoms with E-state index in [0.29, 0.717) is 5.56 Å². The van der Waals surface area contributed by atoms with Crippen LogP contribution in [0.3, 0.4) is 0 Å². The fourth-order valence-corrected chi connectivity index (χ4v) is 3.04. The first-order valence-electron chi connectivity index (χ1n) is 7.73. The summed E-state index contributed by atoms with van der Waals surface area (Å²) in [4.78, 5) is 14.1. The molecule has 0 spiro atoms. The number of nitrogens with zero attached hydrogens (tertiary/aromatic N) is 2. The molecule has 0 aliphatic rings. The molecular formula is C18H24FN3O. The minimum absolute atomic E-state index is 0.297. The van der Waals surface area contributed by atoms with Crippen molar-refractivity contribution < 1.29 is 9.18 Å². The lowest BCUT2D eigenvalue weighted by Crippen LogP contribution is -2.16. The molecule has 2 N–H and O–H groups in total. The second-order valence-electron chi connectivity index (χ2n) is 6.10. The summed E-state index contributed by atoms with van der Waals surface area (Å²) in [7, 11) is 4.07. The Kier molecular flexibility index (Phi) is 5.21. The van der Waals surface area contributed by atoms with Crippen molar-refractivity contribution in [3.8, 4) is 11.1 Å². The van der Waals surface area contributed by atoms with Crippen molar-refractivity contribution in [1.29, 1.82) is 0 Å². The fraction of sp³-hybridized carbons (Fsp3) is 0.389. The van der Waals surface area contributed by atoms with Gasteiger partial charge in [-0.15, -0.1) is 0 Å². The van der Waals surface area contributed by atoms with Crippen molar-refractivity contribution in [1.82, 2.24) is 9.47 Å². The second-order valence-corrected chi connectivity index (χ2v) is 6.10. The summed E-state index contributed by atoms with van der Waals surface area (Å²) in [5.41, 5.74) is 9.61. The van der Waals surface area contributed by atoms with Crippen LogP contribution in [0.4, 0.5) is 4.39 Å². The normalized spacial score (nSPS) is 11.2. The van der Waals surface area contributed by atoms with Gasteiger partial charge < -0.3 is 15.2 Å². The zero-order valence-electron chi connectivity index (χ0n) is 14.2. The van der Waals surface area contributed by atoms with E-state index in [9.17, 15) is 9.18 Å². The third kappa shape index (κ3) is 3.62. The molecule has 0 unspecified atom stereocenters. The minimum Gasteiger partial charge on any atom is -0.366 e. The summed E-state index contributed by atoms with van der Waals surface area (Å²) in [5.74, 6) is -0.745. The highest BCUT2D eigenvalue weighted by molar-refractivity contribution is 6.02. The largest absolute Gasteiger partial charge is 0.366 e. The van der Waals surface area contributed by atoms with Gasteiger partial charge in [0.1, 0.15) is 5.82 Å². The Balaban J connectivity index is 2.48. The molecule has 0 aliphatic heterocycles. The van der Waals surface area contributed by atoms with Crippen LogP contribution in [-0.4, -0.2) is 36.0 Å². The number of hydrogen-bond donors (Lipinski definition) is 1. The quantitative estimate of drug-likeness (QED) is 0.890. The van der Waals surface area contributed by atoms with E-state index in [1.54, 1.807) is 12.1 Å². The van der Waals surface area contributed by atoms with Gasteiger partial charge in [-0.3, -0.25) is 4.79 Å². The van der Waals surface area contributed by atoms with Gasteiger partial charge in [-0.1, -0.05) is 12.1 Å². The van der Waals surface area contributed by atoms with Crippen LogP contribution in [-0.2, 0) is 6.54 Å². The monoisotopic (exact) mass is 317 g/mol. The highest BCUT2D eigenvalue weighted by Gasteiger charge is 2.22. The van der Waals surface area contributed by atoms with Crippen LogP contribution in [0, 0.1) is 19.7 Å². The zero-order chi connectivity index (χ0) is 17.1. The number of carbonyl (C=O) groups is 1. The van der Waals surface area contributed by atoms with E-state index < -0.39 is 5.91 Å². The molecule has 1 aromatic heterocycles. The number of primary amides is 1. The average molecular weight is 317 g/mol. The molecule has 23 heavy (non-hydrogen) atoms. The van der Waals surface area contributed by atoms with Crippen molar-refractivity contribution in [3.05, 3.63) is 47.0 Å². The van der Waals surface area contributed by atoms with Crippen LogP contribution in [0.1, 0.15) is 28.2 Å². The van der Waals surface area contributed by atoms with Crippen LogP contribution < -0.4 is 5.73 Å². The van der Waals surface area contributed by atoms with E-state index in [4.69, 9.17) is 5.73 Å². The van der Waals surface area contributed by atoms with Crippen LogP contribution >= 0.6 is 0 Å². The molecule has 0 aliphatic carbocycles. The predicted molar refractivity (Wildman–Crippen MR) is 91.0 cm³/mol. The van der Waals surface area contributed by atoms with Crippen molar-refractivity contribution in [2.45, 2.75) is 26.8 Å². The van der Waals surface area contributed by atoms with Crippen LogP contribution in [0.2, 0.25) is 0 Å². The number of amides is 1. The molecule has 0 atom stereocenters. The molecule has 5 heteroatoms. The molecule has 0 fully saturated rings. The van der Waals surface area contributed by atoms with Crippen LogP contribution in [0.5, 0.6) is 0 Å². The molecular weight excluding hydrogens is 293 g/mol. The van der Waals surface area contributed by atoms with Crippen LogP contribution in [0.15, 0.2) is 24.3 Å². The van der Waals surface area contributed by atoms with E-state index >= 15 is 0 Å². The molecule has 1 aromatic carbocycles. The summed E-state index contributed by atoms with van der Waals surface area (Å²) < 4.78 is 15.3. The number of aromatic nitrogens is 1. The Hall–Kier alpha value is -2.14. The fourth-order valence-electron chi connectivity index (χ4n) is 3.04. The molecule has 2 aromatic rings. The van der Waals surface area contributed by atoms with E-state index in [-0.39, 0.29) is 5.82 Å². The van der Waals surface area contributed by atoms with Gasteiger partial charge in [-0.25, -0.2) is 4.39 Å². The molecule has 0 radical (unpaired) electrons. The lowest BCUT2D eigenvalue weighted by Gasteiger charge is -2.13. The second kappa shape index (κ2) is 6.96. The third-order valence-electron chi connectivity index (χ3n) is 4.15. The molecule has 1 amide bonds. The van der Waals surface area contributed by atoms with Crippen molar-refractivity contribution in [3.63, 3.8) is 0 Å². The van der Waals surface area contributed by atoms with E-state index in [2.05, 4.69) is 9.47 Å². The minimum atomic E-state index is -0.448. The smallest absolute Gasteiger partial charge is 0.251 e. The number of carbonyl (C=O) groups excluding carboxylic acids is 1. The topological polar surface area (TPSA) is 51.3 Å². The SMILES string of the molecule is Cc1c(C(N)=O)c(-c2ccc(F)cc2)c(C)n1CCCN(C)C. The summed E-state index contributed by atoms with van der Waals surface area (Å²) in [6.45, 7) is 5.68. The van der Waals surface area contributed by atoms with Gasteiger partial charge in [0.15, 0.2) is 0 Å². The number of halogens is 1. The first-order chi connectivity index (χ1) is 10.8. The first kappa shape index (κ1) is 17.2. The maximum Gasteiger partial charge on any atom is 0.251 e. The highest BCUT2D eigenvalue weighted by atomic mass is 19.1. The van der Waals surface area contributed by atoms with Crippen molar-refractivity contribution in [2.24, 2.45) is 5.73 Å². The molecule has 2 rings (SSSR count). The summed E-state index contributed by atoms with van der Waals surface area (Å²) >= 11 is 0. The van der Waals surface area contributed by atoms with E-state index in [1.807, 2.05) is 27.9 Å². The average Bonchev–Trinajstić information content (AvgIpc) is 2.72. The summed E-state index contributed by atoms with van der Waals surface area (Å²) in [6, 6.07) is 6.18. The van der Waals surface area contributed by atoms with Gasteiger partial charge in [0.25, 0.3) is 5.91 Å². The third-order valence-corrected chi connectivity index (χ3v) is 4.15. The Bertz CT molecular complexity index is 702.